The number of ether oxygens (including phenoxy) is 1. The summed E-state index contributed by atoms with van der Waals surface area (Å²) in [5.74, 6) is -0.520. The number of thiophene rings is 1. The van der Waals surface area contributed by atoms with Gasteiger partial charge in [0.25, 0.3) is 5.91 Å². The third kappa shape index (κ3) is 5.46. The van der Waals surface area contributed by atoms with Crippen molar-refractivity contribution in [3.05, 3.63) is 44.0 Å². The van der Waals surface area contributed by atoms with Crippen LogP contribution in [0.4, 0.5) is 11.4 Å². The third-order valence-electron chi connectivity index (χ3n) is 5.82. The Morgan fingerprint density at radius 1 is 1.16 bits per heavy atom. The topological polar surface area (TPSA) is 82.7 Å². The Morgan fingerprint density at radius 2 is 1.97 bits per heavy atom. The third-order valence-corrected chi connectivity index (χ3v) is 7.74. The molecule has 0 atom stereocenters. The van der Waals surface area contributed by atoms with E-state index in [4.69, 9.17) is 16.3 Å². The number of nitrogens with zero attached hydrogens (tertiary/aromatic N) is 1. The number of carbonyl (C=O) groups excluding carboxylic acids is 2. The maximum Gasteiger partial charge on any atom is 0.262 e. The summed E-state index contributed by atoms with van der Waals surface area (Å²) in [5, 5.41) is 9.92. The van der Waals surface area contributed by atoms with E-state index in [-0.39, 0.29) is 11.8 Å². The SMILES string of the molecule is O=C(NC1(C(=O)Nc2ccc(N3CCCNCC3)c(Cl)c2)CCOCC1)c1ccc(Br)s1. The zero-order valence-corrected chi connectivity index (χ0v) is 20.7. The number of amides is 2. The van der Waals surface area contributed by atoms with Crippen molar-refractivity contribution in [1.29, 1.82) is 0 Å². The Hall–Kier alpha value is -1.65. The number of hydrogen-bond acceptors (Lipinski definition) is 6. The predicted molar refractivity (Wildman–Crippen MR) is 132 cm³/mol. The second-order valence-corrected chi connectivity index (χ2v) is 10.8. The normalized spacial score (nSPS) is 18.6. The van der Waals surface area contributed by atoms with Crippen LogP contribution in [0.1, 0.15) is 28.9 Å². The van der Waals surface area contributed by atoms with Gasteiger partial charge < -0.3 is 25.6 Å². The second-order valence-electron chi connectivity index (χ2n) is 7.96. The van der Waals surface area contributed by atoms with Crippen molar-refractivity contribution in [1.82, 2.24) is 10.6 Å². The van der Waals surface area contributed by atoms with Gasteiger partial charge in [0.2, 0.25) is 5.91 Å². The lowest BCUT2D eigenvalue weighted by atomic mass is 9.88. The molecular weight excluding hydrogens is 516 g/mol. The van der Waals surface area contributed by atoms with Crippen LogP contribution in [0.2, 0.25) is 5.02 Å². The van der Waals surface area contributed by atoms with Crippen molar-refractivity contribution in [3.8, 4) is 0 Å². The van der Waals surface area contributed by atoms with Gasteiger partial charge in [0.05, 0.1) is 19.4 Å². The fourth-order valence-corrected chi connectivity index (χ4v) is 5.60. The highest BCUT2D eigenvalue weighted by molar-refractivity contribution is 9.11. The summed E-state index contributed by atoms with van der Waals surface area (Å²) in [6.07, 6.45) is 1.87. The summed E-state index contributed by atoms with van der Waals surface area (Å²) in [7, 11) is 0. The zero-order chi connectivity index (χ0) is 22.6. The minimum absolute atomic E-state index is 0.257. The lowest BCUT2D eigenvalue weighted by molar-refractivity contribution is -0.125. The molecule has 0 saturated carbocycles. The van der Waals surface area contributed by atoms with Crippen molar-refractivity contribution in [2.45, 2.75) is 24.8 Å². The molecule has 2 aromatic rings. The van der Waals surface area contributed by atoms with Gasteiger partial charge in [-0.15, -0.1) is 11.3 Å². The molecule has 2 aliphatic heterocycles. The van der Waals surface area contributed by atoms with Crippen molar-refractivity contribution in [3.63, 3.8) is 0 Å². The Balaban J connectivity index is 1.49. The molecule has 2 fully saturated rings. The van der Waals surface area contributed by atoms with Crippen LogP contribution in [0.15, 0.2) is 34.1 Å². The first-order valence-electron chi connectivity index (χ1n) is 10.7. The van der Waals surface area contributed by atoms with Crippen LogP contribution >= 0.6 is 38.9 Å². The highest BCUT2D eigenvalue weighted by Gasteiger charge is 2.42. The Labute approximate surface area is 205 Å². The molecule has 0 unspecified atom stereocenters. The fourth-order valence-electron chi connectivity index (χ4n) is 4.02. The zero-order valence-electron chi connectivity index (χ0n) is 17.6. The molecule has 0 bridgehead atoms. The van der Waals surface area contributed by atoms with Gasteiger partial charge in [0.15, 0.2) is 0 Å². The van der Waals surface area contributed by atoms with Crippen LogP contribution in [0.3, 0.4) is 0 Å². The van der Waals surface area contributed by atoms with E-state index in [1.54, 1.807) is 12.1 Å². The van der Waals surface area contributed by atoms with E-state index in [0.29, 0.717) is 41.6 Å². The summed E-state index contributed by atoms with van der Waals surface area (Å²) in [5.41, 5.74) is 0.536. The lowest BCUT2D eigenvalue weighted by Gasteiger charge is -2.36. The van der Waals surface area contributed by atoms with Crippen molar-refractivity contribution in [2.24, 2.45) is 0 Å². The molecule has 10 heteroatoms. The van der Waals surface area contributed by atoms with Gasteiger partial charge in [-0.3, -0.25) is 9.59 Å². The van der Waals surface area contributed by atoms with Crippen LogP contribution in [-0.4, -0.2) is 56.7 Å². The van der Waals surface area contributed by atoms with Crippen LogP contribution < -0.4 is 20.9 Å². The largest absolute Gasteiger partial charge is 0.381 e. The summed E-state index contributed by atoms with van der Waals surface area (Å²) < 4.78 is 6.32. The van der Waals surface area contributed by atoms with Crippen LogP contribution in [0, 0.1) is 0 Å². The minimum Gasteiger partial charge on any atom is -0.381 e. The lowest BCUT2D eigenvalue weighted by Crippen LogP contribution is -2.59. The summed E-state index contributed by atoms with van der Waals surface area (Å²) in [4.78, 5) is 29.0. The van der Waals surface area contributed by atoms with Gasteiger partial charge in [0.1, 0.15) is 5.54 Å². The Bertz CT molecular complexity index is 972. The molecule has 2 saturated heterocycles. The number of hydrogen-bond donors (Lipinski definition) is 3. The first kappa shape index (κ1) is 23.5. The highest BCUT2D eigenvalue weighted by atomic mass is 79.9. The maximum absolute atomic E-state index is 13.4. The molecule has 3 heterocycles. The average molecular weight is 542 g/mol. The van der Waals surface area contributed by atoms with E-state index < -0.39 is 5.54 Å². The molecule has 172 valence electrons. The fraction of sp³-hybridized carbons (Fsp3) is 0.455. The van der Waals surface area contributed by atoms with Gasteiger partial charge in [-0.2, -0.15) is 0 Å². The Morgan fingerprint density at radius 3 is 2.69 bits per heavy atom. The number of benzene rings is 1. The molecule has 0 aliphatic carbocycles. The van der Waals surface area contributed by atoms with E-state index in [2.05, 4.69) is 36.8 Å². The van der Waals surface area contributed by atoms with Crippen LogP contribution in [0.5, 0.6) is 0 Å². The molecule has 3 N–H and O–H groups in total. The van der Waals surface area contributed by atoms with E-state index in [1.807, 2.05) is 18.2 Å². The molecule has 2 amide bonds. The summed E-state index contributed by atoms with van der Waals surface area (Å²) >= 11 is 11.3. The van der Waals surface area contributed by atoms with E-state index in [9.17, 15) is 9.59 Å². The first-order chi connectivity index (χ1) is 15.5. The van der Waals surface area contributed by atoms with Gasteiger partial charge in [0, 0.05) is 51.4 Å². The predicted octanol–water partition coefficient (Wildman–Crippen LogP) is 3.88. The molecule has 1 aromatic heterocycles. The summed E-state index contributed by atoms with van der Waals surface area (Å²) in [6, 6.07) is 9.15. The maximum atomic E-state index is 13.4. The molecule has 2 aliphatic rings. The van der Waals surface area contributed by atoms with Crippen molar-refractivity contribution in [2.75, 3.05) is 49.6 Å². The minimum atomic E-state index is -1.03. The first-order valence-corrected chi connectivity index (χ1v) is 12.7. The molecule has 7 nitrogen and oxygen atoms in total. The van der Waals surface area contributed by atoms with Crippen molar-refractivity contribution < 1.29 is 14.3 Å². The van der Waals surface area contributed by atoms with E-state index >= 15 is 0 Å². The molecule has 1 aromatic carbocycles. The van der Waals surface area contributed by atoms with E-state index in [0.717, 1.165) is 42.1 Å². The number of carbonyl (C=O) groups is 2. The number of nitrogens with one attached hydrogen (secondary N) is 3. The van der Waals surface area contributed by atoms with Crippen molar-refractivity contribution >= 4 is 62.1 Å². The number of anilines is 2. The molecule has 4 rings (SSSR count). The number of halogens is 2. The quantitative estimate of drug-likeness (QED) is 0.535. The van der Waals surface area contributed by atoms with Gasteiger partial charge >= 0.3 is 0 Å². The molecule has 32 heavy (non-hydrogen) atoms. The number of rotatable bonds is 5. The average Bonchev–Trinajstić information content (AvgIpc) is 3.04. The smallest absolute Gasteiger partial charge is 0.262 e. The highest BCUT2D eigenvalue weighted by Crippen LogP contribution is 2.31. The standard InChI is InChI=1S/C22H26BrClN4O3S/c23-19-5-4-18(32-19)20(29)27-22(6-12-31-13-7-22)21(30)26-15-2-3-17(16(24)14-15)28-10-1-8-25-9-11-28/h2-5,14,25H,1,6-13H2,(H,26,30)(H,27,29). The monoisotopic (exact) mass is 540 g/mol. The Kier molecular flexibility index (Phi) is 7.73. The van der Waals surface area contributed by atoms with E-state index in [1.165, 1.54) is 11.3 Å². The van der Waals surface area contributed by atoms with Gasteiger partial charge in [-0.25, -0.2) is 0 Å². The van der Waals surface area contributed by atoms with Gasteiger partial charge in [-0.05, 0) is 59.2 Å². The molecule has 0 radical (unpaired) electrons. The van der Waals surface area contributed by atoms with Gasteiger partial charge in [-0.1, -0.05) is 11.6 Å². The van der Waals surface area contributed by atoms with Crippen LogP contribution in [-0.2, 0) is 9.53 Å². The second kappa shape index (κ2) is 10.5. The molecule has 0 spiro atoms. The molecular formula is C22H26BrClN4O3S. The van der Waals surface area contributed by atoms with Crippen LogP contribution in [0.25, 0.3) is 0 Å². The summed E-state index contributed by atoms with van der Waals surface area (Å²) in [6.45, 7) is 4.56.